The van der Waals surface area contributed by atoms with E-state index in [-0.39, 0.29) is 12.0 Å². The molecule has 0 bridgehead atoms. The van der Waals surface area contributed by atoms with E-state index in [4.69, 9.17) is 4.74 Å². The smallest absolute Gasteiger partial charge is 0.274 e. The molecular weight excluding hydrogens is 296 g/mol. The molecule has 2 aromatic rings. The Labute approximate surface area is 134 Å². The number of hydrogen-bond acceptors (Lipinski definition) is 6. The normalized spacial score (nSPS) is 18.4. The standard InChI is InChI=1S/C15H20N6O2/c1-20(2)9-11-7-18-14(19-11)13-10-21(5-6-23-13)15(22)12-8-16-3-4-17-12/h3-4,7-8,13H,5-6,9-10H2,1-2H3,(H,18,19)/t13-/m1/s1. The largest absolute Gasteiger partial charge is 0.367 e. The van der Waals surface area contributed by atoms with Gasteiger partial charge in [-0.05, 0) is 14.1 Å². The van der Waals surface area contributed by atoms with Gasteiger partial charge in [-0.2, -0.15) is 0 Å². The molecular formula is C15H20N6O2. The summed E-state index contributed by atoms with van der Waals surface area (Å²) in [6.07, 6.45) is 6.11. The van der Waals surface area contributed by atoms with Crippen LogP contribution in [0.4, 0.5) is 0 Å². The van der Waals surface area contributed by atoms with Crippen LogP contribution in [0.5, 0.6) is 0 Å². The Kier molecular flexibility index (Phi) is 4.63. The van der Waals surface area contributed by atoms with Crippen LogP contribution in [0.1, 0.15) is 28.1 Å². The number of carbonyl (C=O) groups excluding carboxylic acids is 1. The third kappa shape index (κ3) is 3.72. The van der Waals surface area contributed by atoms with E-state index in [0.717, 1.165) is 18.1 Å². The molecule has 8 heteroatoms. The lowest BCUT2D eigenvalue weighted by Gasteiger charge is -2.31. The molecule has 0 aromatic carbocycles. The Hall–Kier alpha value is -2.32. The van der Waals surface area contributed by atoms with Crippen LogP contribution >= 0.6 is 0 Å². The van der Waals surface area contributed by atoms with Crippen LogP contribution in [0.15, 0.2) is 24.8 Å². The maximum absolute atomic E-state index is 12.5. The number of amides is 1. The molecule has 8 nitrogen and oxygen atoms in total. The van der Waals surface area contributed by atoms with Crippen molar-refractivity contribution in [3.05, 3.63) is 42.0 Å². The average Bonchev–Trinajstić information content (AvgIpc) is 3.03. The van der Waals surface area contributed by atoms with Crippen molar-refractivity contribution in [1.82, 2.24) is 29.7 Å². The van der Waals surface area contributed by atoms with Gasteiger partial charge in [0.1, 0.15) is 17.6 Å². The monoisotopic (exact) mass is 316 g/mol. The van der Waals surface area contributed by atoms with Crippen molar-refractivity contribution >= 4 is 5.91 Å². The first kappa shape index (κ1) is 15.6. The molecule has 1 aliphatic rings. The first-order valence-corrected chi connectivity index (χ1v) is 7.49. The van der Waals surface area contributed by atoms with Gasteiger partial charge >= 0.3 is 0 Å². The molecule has 23 heavy (non-hydrogen) atoms. The molecule has 1 fully saturated rings. The molecule has 2 aromatic heterocycles. The quantitative estimate of drug-likeness (QED) is 0.882. The molecule has 3 rings (SSSR count). The summed E-state index contributed by atoms with van der Waals surface area (Å²) in [6, 6.07) is 0. The Morgan fingerprint density at radius 2 is 2.26 bits per heavy atom. The fourth-order valence-electron chi connectivity index (χ4n) is 2.53. The van der Waals surface area contributed by atoms with Gasteiger partial charge in [-0.1, -0.05) is 0 Å². The summed E-state index contributed by atoms with van der Waals surface area (Å²) in [5, 5.41) is 0. The van der Waals surface area contributed by atoms with Crippen LogP contribution in [-0.2, 0) is 11.3 Å². The van der Waals surface area contributed by atoms with Crippen LogP contribution in [-0.4, -0.2) is 69.4 Å². The minimum Gasteiger partial charge on any atom is -0.367 e. The third-order valence-corrected chi connectivity index (χ3v) is 3.58. The van der Waals surface area contributed by atoms with Crippen molar-refractivity contribution in [3.8, 4) is 0 Å². The second-order valence-electron chi connectivity index (χ2n) is 5.73. The molecule has 1 aliphatic heterocycles. The number of H-pyrrole nitrogens is 1. The number of nitrogens with zero attached hydrogens (tertiary/aromatic N) is 5. The number of morpholine rings is 1. The topological polar surface area (TPSA) is 87.2 Å². The zero-order valence-corrected chi connectivity index (χ0v) is 13.3. The molecule has 0 radical (unpaired) electrons. The molecule has 122 valence electrons. The molecule has 0 saturated carbocycles. The average molecular weight is 316 g/mol. The lowest BCUT2D eigenvalue weighted by Crippen LogP contribution is -2.42. The molecule has 0 aliphatic carbocycles. The van der Waals surface area contributed by atoms with Crippen molar-refractivity contribution < 1.29 is 9.53 Å². The summed E-state index contributed by atoms with van der Waals surface area (Å²) in [5.74, 6) is 0.616. The van der Waals surface area contributed by atoms with E-state index < -0.39 is 0 Å². The van der Waals surface area contributed by atoms with E-state index in [2.05, 4.69) is 24.8 Å². The number of aromatic amines is 1. The van der Waals surface area contributed by atoms with Gasteiger partial charge in [0, 0.05) is 37.4 Å². The fourth-order valence-corrected chi connectivity index (χ4v) is 2.53. The Morgan fingerprint density at radius 1 is 1.39 bits per heavy atom. The summed E-state index contributed by atoms with van der Waals surface area (Å²) < 4.78 is 5.76. The van der Waals surface area contributed by atoms with Gasteiger partial charge in [-0.15, -0.1) is 0 Å². The highest BCUT2D eigenvalue weighted by Crippen LogP contribution is 2.21. The zero-order chi connectivity index (χ0) is 16.2. The van der Waals surface area contributed by atoms with Crippen LogP contribution in [0.3, 0.4) is 0 Å². The summed E-state index contributed by atoms with van der Waals surface area (Å²) >= 11 is 0. The van der Waals surface area contributed by atoms with E-state index in [1.54, 1.807) is 11.1 Å². The predicted octanol–water partition coefficient (Wildman–Crippen LogP) is 0.475. The molecule has 1 saturated heterocycles. The number of ether oxygens (including phenoxy) is 1. The van der Waals surface area contributed by atoms with E-state index in [0.29, 0.717) is 25.4 Å². The molecule has 1 amide bonds. The van der Waals surface area contributed by atoms with Crippen molar-refractivity contribution in [2.24, 2.45) is 0 Å². The predicted molar refractivity (Wildman–Crippen MR) is 82.6 cm³/mol. The van der Waals surface area contributed by atoms with Crippen molar-refractivity contribution in [2.75, 3.05) is 33.8 Å². The van der Waals surface area contributed by atoms with Crippen LogP contribution in [0.25, 0.3) is 0 Å². The van der Waals surface area contributed by atoms with Crippen molar-refractivity contribution in [3.63, 3.8) is 0 Å². The maximum Gasteiger partial charge on any atom is 0.274 e. The molecule has 0 unspecified atom stereocenters. The van der Waals surface area contributed by atoms with Gasteiger partial charge in [0.05, 0.1) is 19.3 Å². The minimum atomic E-state index is -0.250. The molecule has 3 heterocycles. The van der Waals surface area contributed by atoms with E-state index in [1.165, 1.54) is 12.4 Å². The SMILES string of the molecule is CN(C)Cc1cnc([C@H]2CN(C(=O)c3cnccn3)CCO2)[nH]1. The van der Waals surface area contributed by atoms with Gasteiger partial charge in [-0.3, -0.25) is 9.78 Å². The highest BCUT2D eigenvalue weighted by Gasteiger charge is 2.28. The van der Waals surface area contributed by atoms with E-state index in [1.807, 2.05) is 20.3 Å². The summed E-state index contributed by atoms with van der Waals surface area (Å²) in [4.78, 5) is 31.9. The van der Waals surface area contributed by atoms with E-state index in [9.17, 15) is 4.79 Å². The fraction of sp³-hybridized carbons (Fsp3) is 0.467. The van der Waals surface area contributed by atoms with Gasteiger partial charge in [-0.25, -0.2) is 9.97 Å². The zero-order valence-electron chi connectivity index (χ0n) is 13.3. The molecule has 1 N–H and O–H groups in total. The van der Waals surface area contributed by atoms with E-state index >= 15 is 0 Å². The van der Waals surface area contributed by atoms with Crippen LogP contribution in [0, 0.1) is 0 Å². The Bertz CT molecular complexity index is 657. The number of hydrogen-bond donors (Lipinski definition) is 1. The first-order valence-electron chi connectivity index (χ1n) is 7.49. The highest BCUT2D eigenvalue weighted by molar-refractivity contribution is 5.92. The lowest BCUT2D eigenvalue weighted by molar-refractivity contribution is -0.0267. The van der Waals surface area contributed by atoms with Gasteiger partial charge in [0.25, 0.3) is 5.91 Å². The Balaban J connectivity index is 1.68. The minimum absolute atomic E-state index is 0.133. The number of aromatic nitrogens is 4. The highest BCUT2D eigenvalue weighted by atomic mass is 16.5. The summed E-state index contributed by atoms with van der Waals surface area (Å²) in [5.41, 5.74) is 1.37. The number of rotatable bonds is 4. The first-order chi connectivity index (χ1) is 11.1. The summed E-state index contributed by atoms with van der Waals surface area (Å²) in [7, 11) is 4.00. The molecule has 1 atom stereocenters. The number of nitrogens with one attached hydrogen (secondary N) is 1. The van der Waals surface area contributed by atoms with Crippen LogP contribution < -0.4 is 0 Å². The third-order valence-electron chi connectivity index (χ3n) is 3.58. The molecule has 0 spiro atoms. The van der Waals surface area contributed by atoms with Gasteiger partial charge in [0.15, 0.2) is 0 Å². The van der Waals surface area contributed by atoms with Crippen LogP contribution in [0.2, 0.25) is 0 Å². The van der Waals surface area contributed by atoms with Crippen molar-refractivity contribution in [2.45, 2.75) is 12.6 Å². The lowest BCUT2D eigenvalue weighted by atomic mass is 10.2. The number of carbonyl (C=O) groups is 1. The van der Waals surface area contributed by atoms with Gasteiger partial charge in [0.2, 0.25) is 0 Å². The van der Waals surface area contributed by atoms with Gasteiger partial charge < -0.3 is 19.5 Å². The second kappa shape index (κ2) is 6.84. The Morgan fingerprint density at radius 3 is 3.00 bits per heavy atom. The maximum atomic E-state index is 12.5. The van der Waals surface area contributed by atoms with Crippen molar-refractivity contribution in [1.29, 1.82) is 0 Å². The number of imidazole rings is 1. The summed E-state index contributed by atoms with van der Waals surface area (Å²) in [6.45, 7) is 2.24. The second-order valence-corrected chi connectivity index (χ2v) is 5.73.